The largest absolute Gasteiger partial charge is 0.493 e. The minimum absolute atomic E-state index is 0.0862. The average molecular weight is 647 g/mol. The molecule has 2 aromatic rings. The van der Waals surface area contributed by atoms with E-state index in [1.807, 2.05) is 12.1 Å². The van der Waals surface area contributed by atoms with Crippen LogP contribution >= 0.6 is 0 Å². The molecule has 2 aromatic carbocycles. The predicted octanol–water partition coefficient (Wildman–Crippen LogP) is 4.42. The van der Waals surface area contributed by atoms with Gasteiger partial charge in [-0.05, 0) is 68.8 Å². The molecule has 0 amide bonds. The number of likely N-dealkylation sites (N-methyl/N-ethyl adjacent to an activating group) is 1. The molecule has 11 nitrogen and oxygen atoms in total. The Morgan fingerprint density at radius 2 is 1.38 bits per heavy atom. The van der Waals surface area contributed by atoms with Crippen LogP contribution in [0.15, 0.2) is 34.3 Å². The smallest absolute Gasteiger partial charge is 0.163 e. The Kier molecular flexibility index (Phi) is 8.97. The Labute approximate surface area is 278 Å². The zero-order valence-electron chi connectivity index (χ0n) is 28.2. The lowest BCUT2D eigenvalue weighted by Gasteiger charge is -2.39. The summed E-state index contributed by atoms with van der Waals surface area (Å²) in [6.45, 7) is 6.54. The first-order valence-corrected chi connectivity index (χ1v) is 17.3. The zero-order valence-corrected chi connectivity index (χ0v) is 28.2. The molecule has 3 heterocycles. The zero-order chi connectivity index (χ0) is 32.6. The Bertz CT molecular complexity index is 1530. The van der Waals surface area contributed by atoms with E-state index in [0.29, 0.717) is 13.2 Å². The van der Waals surface area contributed by atoms with Crippen LogP contribution in [0.2, 0.25) is 0 Å². The van der Waals surface area contributed by atoms with Crippen molar-refractivity contribution in [1.29, 1.82) is 0 Å². The van der Waals surface area contributed by atoms with Crippen molar-refractivity contribution in [2.75, 3.05) is 73.8 Å². The van der Waals surface area contributed by atoms with Crippen molar-refractivity contribution >= 4 is 23.0 Å². The minimum atomic E-state index is -0.0877. The van der Waals surface area contributed by atoms with Gasteiger partial charge in [-0.1, -0.05) is 12.8 Å². The lowest BCUT2D eigenvalue weighted by atomic mass is 9.64. The molecule has 2 spiro atoms. The van der Waals surface area contributed by atoms with Crippen molar-refractivity contribution in [3.63, 3.8) is 0 Å². The molecule has 2 aliphatic carbocycles. The quantitative estimate of drug-likeness (QED) is 0.287. The number of ether oxygens (including phenoxy) is 5. The number of rotatable bonds is 14. The van der Waals surface area contributed by atoms with Crippen LogP contribution in [0.3, 0.4) is 0 Å². The van der Waals surface area contributed by atoms with Gasteiger partial charge in [0.2, 0.25) is 0 Å². The van der Waals surface area contributed by atoms with E-state index < -0.39 is 0 Å². The van der Waals surface area contributed by atoms with Gasteiger partial charge in [0, 0.05) is 44.9 Å². The van der Waals surface area contributed by atoms with Crippen molar-refractivity contribution in [3.8, 4) is 23.0 Å². The van der Waals surface area contributed by atoms with Gasteiger partial charge in [0.15, 0.2) is 23.0 Å². The van der Waals surface area contributed by atoms with Crippen LogP contribution in [0.1, 0.15) is 62.5 Å². The predicted molar refractivity (Wildman–Crippen MR) is 184 cm³/mol. The Morgan fingerprint density at radius 3 is 1.89 bits per heavy atom. The van der Waals surface area contributed by atoms with Gasteiger partial charge in [-0.25, -0.2) is 9.98 Å². The summed E-state index contributed by atoms with van der Waals surface area (Å²) in [5.41, 5.74) is 16.7. The molecule has 1 saturated heterocycles. The molecular formula is C36H50N6O5. The van der Waals surface area contributed by atoms with Gasteiger partial charge < -0.3 is 40.1 Å². The maximum atomic E-state index is 6.34. The summed E-state index contributed by atoms with van der Waals surface area (Å²) < 4.78 is 29.9. The molecule has 47 heavy (non-hydrogen) atoms. The standard InChI is InChI=1S/C36H50N6O5/c1-41(12-6-15-46-31-20-27-25(18-29(31)43-2)35(8-4-9-35)33(37)39-27)22-24-23-42(14-17-45-24)13-7-16-47-32-21-28-26(19-30(32)44-3)36(10-5-11-36)34(38)40-28/h18-21,24H,4-17,22-23H2,1-3H3,(H2,37,39)(H2,38,40). The van der Waals surface area contributed by atoms with Crippen LogP contribution in [0.25, 0.3) is 0 Å². The summed E-state index contributed by atoms with van der Waals surface area (Å²) in [4.78, 5) is 14.2. The SMILES string of the molecule is COc1cc2c(cc1OCCCN(C)CC1CN(CCCOc3cc4c(cc3OC)C3(CCC3)C(N)=N4)CCO1)N=C(N)C21CCC1. The lowest BCUT2D eigenvalue weighted by Crippen LogP contribution is -2.47. The fourth-order valence-electron chi connectivity index (χ4n) is 7.98. The second-order valence-electron chi connectivity index (χ2n) is 13.9. The Morgan fingerprint density at radius 1 is 0.830 bits per heavy atom. The first-order chi connectivity index (χ1) is 22.8. The summed E-state index contributed by atoms with van der Waals surface area (Å²) in [6.07, 6.45) is 8.58. The van der Waals surface area contributed by atoms with Gasteiger partial charge in [-0.2, -0.15) is 0 Å². The first-order valence-electron chi connectivity index (χ1n) is 17.3. The van der Waals surface area contributed by atoms with Crippen LogP contribution in [-0.2, 0) is 15.6 Å². The fraction of sp³-hybridized carbons (Fsp3) is 0.611. The molecule has 7 rings (SSSR count). The molecule has 0 bridgehead atoms. The van der Waals surface area contributed by atoms with Gasteiger partial charge in [0.05, 0.1) is 62.3 Å². The van der Waals surface area contributed by atoms with Crippen molar-refractivity contribution in [2.24, 2.45) is 21.5 Å². The Hall–Kier alpha value is -3.54. The van der Waals surface area contributed by atoms with Gasteiger partial charge in [0.25, 0.3) is 0 Å². The number of nitrogens with two attached hydrogens (primary N) is 2. The summed E-state index contributed by atoms with van der Waals surface area (Å²) in [7, 11) is 5.53. The van der Waals surface area contributed by atoms with E-state index in [2.05, 4.69) is 39.0 Å². The van der Waals surface area contributed by atoms with E-state index in [0.717, 1.165) is 124 Å². The third kappa shape index (κ3) is 5.91. The molecule has 2 saturated carbocycles. The average Bonchev–Trinajstić information content (AvgIpc) is 3.49. The van der Waals surface area contributed by atoms with Crippen molar-refractivity contribution in [3.05, 3.63) is 35.4 Å². The highest BCUT2D eigenvalue weighted by molar-refractivity contribution is 6.01. The lowest BCUT2D eigenvalue weighted by molar-refractivity contribution is -0.0416. The normalized spacial score (nSPS) is 21.9. The highest BCUT2D eigenvalue weighted by Crippen LogP contribution is 2.55. The molecule has 1 unspecified atom stereocenters. The number of hydrogen-bond donors (Lipinski definition) is 2. The fourth-order valence-corrected chi connectivity index (χ4v) is 7.98. The Balaban J connectivity index is 0.829. The summed E-state index contributed by atoms with van der Waals surface area (Å²) >= 11 is 0. The van der Waals surface area contributed by atoms with Gasteiger partial charge >= 0.3 is 0 Å². The highest BCUT2D eigenvalue weighted by Gasteiger charge is 2.48. The third-order valence-electron chi connectivity index (χ3n) is 11.0. The molecule has 5 aliphatic rings. The van der Waals surface area contributed by atoms with Crippen molar-refractivity contribution in [1.82, 2.24) is 9.80 Å². The molecule has 3 fully saturated rings. The third-order valence-corrected chi connectivity index (χ3v) is 11.0. The number of amidine groups is 2. The van der Waals surface area contributed by atoms with Gasteiger partial charge in [-0.3, -0.25) is 4.90 Å². The molecule has 3 aliphatic heterocycles. The van der Waals surface area contributed by atoms with E-state index in [1.165, 1.54) is 24.0 Å². The summed E-state index contributed by atoms with van der Waals surface area (Å²) in [5.74, 6) is 4.44. The molecule has 0 radical (unpaired) electrons. The second kappa shape index (κ2) is 13.2. The molecule has 1 atom stereocenters. The first kappa shape index (κ1) is 32.0. The van der Waals surface area contributed by atoms with E-state index in [9.17, 15) is 0 Å². The number of hydrogen-bond acceptors (Lipinski definition) is 11. The minimum Gasteiger partial charge on any atom is -0.493 e. The van der Waals surface area contributed by atoms with Crippen LogP contribution in [-0.4, -0.2) is 101 Å². The topological polar surface area (TPSA) is 129 Å². The second-order valence-corrected chi connectivity index (χ2v) is 13.9. The maximum Gasteiger partial charge on any atom is 0.163 e. The molecule has 254 valence electrons. The number of morpholine rings is 1. The highest BCUT2D eigenvalue weighted by atomic mass is 16.5. The van der Waals surface area contributed by atoms with E-state index >= 15 is 0 Å². The van der Waals surface area contributed by atoms with E-state index in [4.69, 9.17) is 35.2 Å². The molecular weight excluding hydrogens is 596 g/mol. The van der Waals surface area contributed by atoms with Crippen LogP contribution < -0.4 is 30.4 Å². The van der Waals surface area contributed by atoms with Gasteiger partial charge in [0.1, 0.15) is 11.7 Å². The number of benzene rings is 2. The number of fused-ring (bicyclic) bond motifs is 4. The summed E-state index contributed by atoms with van der Waals surface area (Å²) in [5, 5.41) is 0. The number of methoxy groups -OCH3 is 2. The van der Waals surface area contributed by atoms with Crippen molar-refractivity contribution in [2.45, 2.75) is 68.3 Å². The number of nitrogens with zero attached hydrogens (tertiary/aromatic N) is 4. The molecule has 0 aromatic heterocycles. The van der Waals surface area contributed by atoms with Gasteiger partial charge in [-0.15, -0.1) is 0 Å². The summed E-state index contributed by atoms with van der Waals surface area (Å²) in [6, 6.07) is 8.15. The molecule has 4 N–H and O–H groups in total. The van der Waals surface area contributed by atoms with E-state index in [1.54, 1.807) is 14.2 Å². The van der Waals surface area contributed by atoms with Crippen molar-refractivity contribution < 1.29 is 23.7 Å². The van der Waals surface area contributed by atoms with Crippen LogP contribution in [0, 0.1) is 0 Å². The van der Waals surface area contributed by atoms with Crippen LogP contribution in [0.5, 0.6) is 23.0 Å². The number of aliphatic imine (C=N–C) groups is 2. The van der Waals surface area contributed by atoms with E-state index in [-0.39, 0.29) is 16.9 Å². The van der Waals surface area contributed by atoms with Crippen LogP contribution in [0.4, 0.5) is 11.4 Å². The molecule has 11 heteroatoms. The monoisotopic (exact) mass is 646 g/mol. The maximum absolute atomic E-state index is 6.34.